The lowest BCUT2D eigenvalue weighted by atomic mass is 10.2. The maximum atomic E-state index is 13.3. The molecule has 2 aromatic heterocycles. The number of carbonyl (C=O) groups is 2. The Morgan fingerprint density at radius 3 is 2.50 bits per heavy atom. The number of rotatable bonds is 6. The van der Waals surface area contributed by atoms with Crippen LogP contribution in [0.2, 0.25) is 10.0 Å². The normalized spacial score (nSPS) is 10.9. The molecule has 0 fully saturated rings. The molecule has 0 aliphatic heterocycles. The zero-order valence-electron chi connectivity index (χ0n) is 18.3. The summed E-state index contributed by atoms with van der Waals surface area (Å²) in [5, 5.41) is 6.51. The van der Waals surface area contributed by atoms with Gasteiger partial charge in [0.2, 0.25) is 0 Å². The lowest BCUT2D eigenvalue weighted by Gasteiger charge is -2.10. The highest BCUT2D eigenvalue weighted by Crippen LogP contribution is 2.26. The van der Waals surface area contributed by atoms with Crippen molar-refractivity contribution in [2.75, 3.05) is 10.6 Å². The molecular formula is C24H20Cl2N4O3S. The number of aryl methyl sites for hydroxylation is 2. The van der Waals surface area contributed by atoms with E-state index in [4.69, 9.17) is 23.2 Å². The fourth-order valence-corrected chi connectivity index (χ4v) is 4.93. The van der Waals surface area contributed by atoms with Gasteiger partial charge in [0, 0.05) is 33.2 Å². The fraction of sp³-hybridized carbons (Fsp3) is 0.167. The number of amides is 2. The van der Waals surface area contributed by atoms with Crippen molar-refractivity contribution in [3.8, 4) is 0 Å². The molecule has 0 unspecified atom stereocenters. The number of nitrogens with one attached hydrogen (secondary N) is 2. The van der Waals surface area contributed by atoms with Crippen LogP contribution in [0.5, 0.6) is 0 Å². The maximum Gasteiger partial charge on any atom is 0.274 e. The number of carbonyl (C=O) groups excluding carboxylic acids is 2. The molecule has 0 bridgehead atoms. The van der Waals surface area contributed by atoms with Crippen LogP contribution in [-0.4, -0.2) is 21.2 Å². The van der Waals surface area contributed by atoms with Crippen molar-refractivity contribution >= 4 is 62.7 Å². The minimum Gasteiger partial charge on any atom is -0.321 e. The van der Waals surface area contributed by atoms with Gasteiger partial charge >= 0.3 is 0 Å². The molecule has 174 valence electrons. The third-order valence-corrected chi connectivity index (χ3v) is 6.53. The molecule has 2 aromatic carbocycles. The van der Waals surface area contributed by atoms with E-state index in [9.17, 15) is 14.4 Å². The van der Waals surface area contributed by atoms with Gasteiger partial charge in [-0.05, 0) is 55.3 Å². The van der Waals surface area contributed by atoms with Gasteiger partial charge in [0.25, 0.3) is 17.4 Å². The van der Waals surface area contributed by atoms with Crippen molar-refractivity contribution in [2.24, 2.45) is 0 Å². The van der Waals surface area contributed by atoms with Crippen LogP contribution in [0.15, 0.2) is 53.3 Å². The molecule has 0 radical (unpaired) electrons. The Bertz CT molecular complexity index is 1480. The predicted octanol–water partition coefficient (Wildman–Crippen LogP) is 5.83. The van der Waals surface area contributed by atoms with Crippen molar-refractivity contribution < 1.29 is 9.59 Å². The molecule has 2 amide bonds. The summed E-state index contributed by atoms with van der Waals surface area (Å²) in [6, 6.07) is 13.0. The van der Waals surface area contributed by atoms with Gasteiger partial charge in [0.15, 0.2) is 4.96 Å². The molecule has 0 spiro atoms. The summed E-state index contributed by atoms with van der Waals surface area (Å²) >= 11 is 13.0. The van der Waals surface area contributed by atoms with Gasteiger partial charge in [0.1, 0.15) is 10.6 Å². The minimum absolute atomic E-state index is 0.0622. The topological polar surface area (TPSA) is 92.6 Å². The summed E-state index contributed by atoms with van der Waals surface area (Å²) in [6.07, 6.45) is 1.42. The largest absolute Gasteiger partial charge is 0.321 e. The Hall–Kier alpha value is -3.20. The summed E-state index contributed by atoms with van der Waals surface area (Å²) in [4.78, 5) is 44.4. The van der Waals surface area contributed by atoms with E-state index in [0.29, 0.717) is 33.5 Å². The van der Waals surface area contributed by atoms with Gasteiger partial charge in [0.05, 0.1) is 0 Å². The average Bonchev–Trinajstić information content (AvgIpc) is 3.16. The van der Waals surface area contributed by atoms with Gasteiger partial charge in [-0.2, -0.15) is 0 Å². The Kier molecular flexibility index (Phi) is 7.02. The van der Waals surface area contributed by atoms with Crippen LogP contribution in [0.25, 0.3) is 4.96 Å². The molecule has 0 atom stereocenters. The van der Waals surface area contributed by atoms with Crippen LogP contribution in [-0.2, 0) is 6.42 Å². The number of fused-ring (bicyclic) bond motifs is 1. The fourth-order valence-electron chi connectivity index (χ4n) is 3.47. The number of halogens is 2. The van der Waals surface area contributed by atoms with E-state index < -0.39 is 17.4 Å². The van der Waals surface area contributed by atoms with E-state index in [0.717, 1.165) is 23.3 Å². The zero-order chi connectivity index (χ0) is 24.4. The van der Waals surface area contributed by atoms with Crippen molar-refractivity contribution in [1.82, 2.24) is 9.38 Å². The van der Waals surface area contributed by atoms with Gasteiger partial charge in [-0.15, -0.1) is 0 Å². The lowest BCUT2D eigenvalue weighted by Crippen LogP contribution is -2.25. The van der Waals surface area contributed by atoms with Crippen molar-refractivity contribution in [2.45, 2.75) is 26.7 Å². The number of hydrogen-bond acceptors (Lipinski definition) is 5. The van der Waals surface area contributed by atoms with E-state index in [1.807, 2.05) is 13.8 Å². The Balaban J connectivity index is 1.82. The minimum atomic E-state index is -0.626. The van der Waals surface area contributed by atoms with Crippen LogP contribution < -0.4 is 16.2 Å². The second-order valence-electron chi connectivity index (χ2n) is 7.61. The molecule has 34 heavy (non-hydrogen) atoms. The first kappa shape index (κ1) is 23.9. The highest BCUT2D eigenvalue weighted by molar-refractivity contribution is 7.19. The van der Waals surface area contributed by atoms with Crippen molar-refractivity contribution in [3.05, 3.63) is 90.8 Å². The predicted molar refractivity (Wildman–Crippen MR) is 137 cm³/mol. The molecular weight excluding hydrogens is 495 g/mol. The highest BCUT2D eigenvalue weighted by Gasteiger charge is 2.27. The first-order chi connectivity index (χ1) is 16.3. The summed E-state index contributed by atoms with van der Waals surface area (Å²) in [5.74, 6) is -1.16. The van der Waals surface area contributed by atoms with Crippen LogP contribution >= 0.6 is 34.5 Å². The molecule has 7 nitrogen and oxygen atoms in total. The molecule has 0 aliphatic rings. The quantitative estimate of drug-likeness (QED) is 0.338. The smallest absolute Gasteiger partial charge is 0.274 e. The Morgan fingerprint density at radius 2 is 1.79 bits per heavy atom. The summed E-state index contributed by atoms with van der Waals surface area (Å²) < 4.78 is 1.17. The Labute approximate surface area is 209 Å². The number of nitrogens with zero attached hydrogens (tertiary/aromatic N) is 2. The summed E-state index contributed by atoms with van der Waals surface area (Å²) in [5.41, 5.74) is 1.82. The highest BCUT2D eigenvalue weighted by atomic mass is 35.5. The first-order valence-electron chi connectivity index (χ1n) is 10.5. The number of anilines is 2. The van der Waals surface area contributed by atoms with Crippen molar-refractivity contribution in [3.63, 3.8) is 0 Å². The lowest BCUT2D eigenvalue weighted by molar-refractivity contribution is 0.0989. The van der Waals surface area contributed by atoms with E-state index >= 15 is 0 Å². The molecule has 0 saturated heterocycles. The molecule has 10 heteroatoms. The molecule has 0 saturated carbocycles. The average molecular weight is 515 g/mol. The summed E-state index contributed by atoms with van der Waals surface area (Å²) in [6.45, 7) is 3.79. The Morgan fingerprint density at radius 1 is 1.03 bits per heavy atom. The second kappa shape index (κ2) is 9.97. The standard InChI is InChI=1S/C24H20Cl2N4O3S/c1-3-5-16-12-19(31)30-20(22(32)27-17-7-4-6-14(25)11-17)21(34-24(30)28-16)23(33)29-18-9-8-15(26)10-13(18)2/h4,6-12H,3,5H2,1-2H3,(H,27,32)(H,29,33). The van der Waals surface area contributed by atoms with Crippen LogP contribution in [0.3, 0.4) is 0 Å². The first-order valence-corrected chi connectivity index (χ1v) is 12.0. The van der Waals surface area contributed by atoms with Gasteiger partial charge in [-0.25, -0.2) is 9.38 Å². The molecule has 2 heterocycles. The van der Waals surface area contributed by atoms with Gasteiger partial charge < -0.3 is 10.6 Å². The molecule has 4 aromatic rings. The van der Waals surface area contributed by atoms with Gasteiger partial charge in [-0.3, -0.25) is 14.4 Å². The second-order valence-corrected chi connectivity index (χ2v) is 9.46. The van der Waals surface area contributed by atoms with Crippen LogP contribution in [0, 0.1) is 6.92 Å². The van der Waals surface area contributed by atoms with E-state index in [2.05, 4.69) is 15.6 Å². The number of aromatic nitrogens is 2. The third-order valence-electron chi connectivity index (χ3n) is 5.02. The number of benzene rings is 2. The molecule has 2 N–H and O–H groups in total. The van der Waals surface area contributed by atoms with E-state index in [1.165, 1.54) is 10.5 Å². The zero-order valence-corrected chi connectivity index (χ0v) is 20.6. The van der Waals surface area contributed by atoms with Crippen molar-refractivity contribution in [1.29, 1.82) is 0 Å². The van der Waals surface area contributed by atoms with Gasteiger partial charge in [-0.1, -0.05) is 53.9 Å². The number of thiazole rings is 1. The summed E-state index contributed by atoms with van der Waals surface area (Å²) in [7, 11) is 0. The molecule has 0 aliphatic carbocycles. The third kappa shape index (κ3) is 4.99. The van der Waals surface area contributed by atoms with Crippen LogP contribution in [0.4, 0.5) is 11.4 Å². The SMILES string of the molecule is CCCc1cc(=O)n2c(C(=O)Nc3cccc(Cl)c3)c(C(=O)Nc3ccc(Cl)cc3C)sc2n1. The van der Waals surface area contributed by atoms with E-state index in [1.54, 1.807) is 42.5 Å². The number of hydrogen-bond donors (Lipinski definition) is 2. The van der Waals surface area contributed by atoms with E-state index in [-0.39, 0.29) is 15.5 Å². The monoisotopic (exact) mass is 514 g/mol. The molecule has 4 rings (SSSR count). The maximum absolute atomic E-state index is 13.3. The van der Waals surface area contributed by atoms with Crippen LogP contribution in [0.1, 0.15) is 44.8 Å².